The van der Waals surface area contributed by atoms with Gasteiger partial charge < -0.3 is 15.4 Å². The molecule has 2 N–H and O–H groups in total. The Bertz CT molecular complexity index is 1040. The van der Waals surface area contributed by atoms with E-state index in [0.717, 1.165) is 23.6 Å². The summed E-state index contributed by atoms with van der Waals surface area (Å²) in [4.78, 5) is 17.0. The number of pyridine rings is 1. The van der Waals surface area contributed by atoms with Crippen LogP contribution in [0, 0.1) is 5.82 Å². The largest absolute Gasteiger partial charge is 0.487 e. The number of ether oxygens (including phenoxy) is 1. The molecule has 0 spiro atoms. The fourth-order valence-corrected chi connectivity index (χ4v) is 4.00. The highest BCUT2D eigenvalue weighted by atomic mass is 19.1. The molecule has 1 aromatic heterocycles. The highest BCUT2D eigenvalue weighted by Crippen LogP contribution is 2.43. The SMILES string of the molecule is CCC1(CC)C[C@@H](NC(=O)Nc2cccc3cnccc23)c2cc(F)ccc2O1. The van der Waals surface area contributed by atoms with Crippen LogP contribution >= 0.6 is 0 Å². The van der Waals surface area contributed by atoms with Crippen LogP contribution in [0.3, 0.4) is 0 Å². The van der Waals surface area contributed by atoms with Gasteiger partial charge in [0.1, 0.15) is 17.2 Å². The van der Waals surface area contributed by atoms with Crippen LogP contribution < -0.4 is 15.4 Å². The molecule has 0 bridgehead atoms. The average molecular weight is 393 g/mol. The van der Waals surface area contributed by atoms with Gasteiger partial charge in [0, 0.05) is 35.2 Å². The normalized spacial score (nSPS) is 17.3. The van der Waals surface area contributed by atoms with Gasteiger partial charge in [0.15, 0.2) is 0 Å². The Labute approximate surface area is 169 Å². The highest BCUT2D eigenvalue weighted by molar-refractivity contribution is 6.01. The van der Waals surface area contributed by atoms with Crippen molar-refractivity contribution in [3.8, 4) is 5.75 Å². The van der Waals surface area contributed by atoms with E-state index in [4.69, 9.17) is 4.74 Å². The van der Waals surface area contributed by atoms with Gasteiger partial charge >= 0.3 is 6.03 Å². The van der Waals surface area contributed by atoms with Crippen molar-refractivity contribution in [1.29, 1.82) is 0 Å². The maximum atomic E-state index is 13.9. The fourth-order valence-electron chi connectivity index (χ4n) is 4.00. The predicted molar refractivity (Wildman–Crippen MR) is 112 cm³/mol. The Kier molecular flexibility index (Phi) is 5.09. The van der Waals surface area contributed by atoms with Crippen molar-refractivity contribution >= 4 is 22.5 Å². The lowest BCUT2D eigenvalue weighted by Crippen LogP contribution is -2.45. The number of rotatable bonds is 4. The summed E-state index contributed by atoms with van der Waals surface area (Å²) in [6.45, 7) is 4.14. The van der Waals surface area contributed by atoms with Gasteiger partial charge in [0.05, 0.1) is 11.7 Å². The van der Waals surface area contributed by atoms with Gasteiger partial charge in [0.2, 0.25) is 0 Å². The number of carbonyl (C=O) groups is 1. The number of halogens is 1. The van der Waals surface area contributed by atoms with Crippen LogP contribution in [-0.2, 0) is 0 Å². The molecule has 3 aromatic rings. The van der Waals surface area contributed by atoms with E-state index in [9.17, 15) is 9.18 Å². The lowest BCUT2D eigenvalue weighted by molar-refractivity contribution is 0.0245. The first-order chi connectivity index (χ1) is 14.0. The number of hydrogen-bond donors (Lipinski definition) is 2. The number of nitrogens with zero attached hydrogens (tertiary/aromatic N) is 1. The molecule has 0 radical (unpaired) electrons. The monoisotopic (exact) mass is 393 g/mol. The number of aromatic nitrogens is 1. The Balaban J connectivity index is 1.60. The molecule has 1 atom stereocenters. The molecule has 5 nitrogen and oxygen atoms in total. The van der Waals surface area contributed by atoms with Crippen molar-refractivity contribution < 1.29 is 13.9 Å². The van der Waals surface area contributed by atoms with Crippen molar-refractivity contribution in [2.24, 2.45) is 0 Å². The van der Waals surface area contributed by atoms with Crippen molar-refractivity contribution in [3.05, 3.63) is 66.2 Å². The standard InChI is InChI=1S/C23H24FN3O2/c1-3-23(4-2)13-20(18-12-16(24)8-9-21(18)29-23)27-22(28)26-19-7-5-6-15-14-25-11-10-17(15)19/h5-12,14,20H,3-4,13H2,1-2H3,(H2,26,27,28)/t20-/m1/s1. The summed E-state index contributed by atoms with van der Waals surface area (Å²) in [6.07, 6.45) is 5.64. The number of benzene rings is 2. The minimum absolute atomic E-state index is 0.336. The number of nitrogens with one attached hydrogen (secondary N) is 2. The second-order valence-corrected chi connectivity index (χ2v) is 7.43. The molecule has 0 saturated heterocycles. The van der Waals surface area contributed by atoms with Crippen molar-refractivity contribution in [1.82, 2.24) is 10.3 Å². The summed E-state index contributed by atoms with van der Waals surface area (Å²) < 4.78 is 20.1. The summed E-state index contributed by atoms with van der Waals surface area (Å²) in [7, 11) is 0. The molecule has 2 aromatic carbocycles. The van der Waals surface area contributed by atoms with Crippen LogP contribution in [0.4, 0.5) is 14.9 Å². The number of urea groups is 1. The maximum absolute atomic E-state index is 13.9. The summed E-state index contributed by atoms with van der Waals surface area (Å²) in [5.41, 5.74) is 0.986. The van der Waals surface area contributed by atoms with Crippen LogP contribution in [-0.4, -0.2) is 16.6 Å². The number of carbonyl (C=O) groups excluding carboxylic acids is 1. The van der Waals surface area contributed by atoms with Crippen LogP contribution in [0.1, 0.15) is 44.7 Å². The third kappa shape index (κ3) is 3.75. The van der Waals surface area contributed by atoms with Crippen molar-refractivity contribution in [3.63, 3.8) is 0 Å². The minimum Gasteiger partial charge on any atom is -0.487 e. The Morgan fingerprint density at radius 3 is 2.86 bits per heavy atom. The van der Waals surface area contributed by atoms with E-state index in [1.165, 1.54) is 12.1 Å². The van der Waals surface area contributed by atoms with Crippen molar-refractivity contribution in [2.45, 2.75) is 44.8 Å². The summed E-state index contributed by atoms with van der Waals surface area (Å²) >= 11 is 0. The zero-order valence-electron chi connectivity index (χ0n) is 16.5. The summed E-state index contributed by atoms with van der Waals surface area (Å²) in [6, 6.07) is 11.3. The second-order valence-electron chi connectivity index (χ2n) is 7.43. The molecule has 0 fully saturated rings. The maximum Gasteiger partial charge on any atom is 0.319 e. The van der Waals surface area contributed by atoms with Gasteiger partial charge in [-0.25, -0.2) is 9.18 Å². The lowest BCUT2D eigenvalue weighted by Gasteiger charge is -2.41. The molecule has 4 rings (SSSR count). The molecule has 2 heterocycles. The zero-order valence-corrected chi connectivity index (χ0v) is 16.5. The Morgan fingerprint density at radius 1 is 1.24 bits per heavy atom. The third-order valence-corrected chi connectivity index (χ3v) is 5.77. The molecule has 0 saturated carbocycles. The summed E-state index contributed by atoms with van der Waals surface area (Å²) in [5.74, 6) is 0.282. The third-order valence-electron chi connectivity index (χ3n) is 5.77. The zero-order chi connectivity index (χ0) is 20.4. The van der Waals surface area contributed by atoms with Gasteiger partial charge in [-0.1, -0.05) is 26.0 Å². The topological polar surface area (TPSA) is 63.2 Å². The van der Waals surface area contributed by atoms with E-state index in [-0.39, 0.29) is 23.5 Å². The molecule has 150 valence electrons. The smallest absolute Gasteiger partial charge is 0.319 e. The quantitative estimate of drug-likeness (QED) is 0.608. The van der Waals surface area contributed by atoms with Crippen LogP contribution in [0.2, 0.25) is 0 Å². The number of anilines is 1. The van der Waals surface area contributed by atoms with Crippen LogP contribution in [0.15, 0.2) is 54.9 Å². The predicted octanol–water partition coefficient (Wildman–Crippen LogP) is 5.58. The van der Waals surface area contributed by atoms with Crippen molar-refractivity contribution in [2.75, 3.05) is 5.32 Å². The molecule has 2 amide bonds. The molecule has 0 aliphatic carbocycles. The van der Waals surface area contributed by atoms with Gasteiger partial charge in [0.25, 0.3) is 0 Å². The second kappa shape index (κ2) is 7.70. The fraction of sp³-hybridized carbons (Fsp3) is 0.304. The average Bonchev–Trinajstić information content (AvgIpc) is 2.74. The van der Waals surface area contributed by atoms with Gasteiger partial charge in [-0.3, -0.25) is 4.98 Å². The molecule has 1 aliphatic heterocycles. The van der Waals surface area contributed by atoms with E-state index >= 15 is 0 Å². The van der Waals surface area contributed by atoms with Crippen LogP contribution in [0.5, 0.6) is 5.75 Å². The molecule has 29 heavy (non-hydrogen) atoms. The first-order valence-corrected chi connectivity index (χ1v) is 9.92. The molecule has 1 aliphatic rings. The molecular weight excluding hydrogens is 369 g/mol. The Hall–Kier alpha value is -3.15. The van der Waals surface area contributed by atoms with E-state index < -0.39 is 0 Å². The van der Waals surface area contributed by atoms with Gasteiger partial charge in [-0.2, -0.15) is 0 Å². The molecule has 6 heteroatoms. The Morgan fingerprint density at radius 2 is 2.07 bits per heavy atom. The van der Waals surface area contributed by atoms with Crippen LogP contribution in [0.25, 0.3) is 10.8 Å². The highest BCUT2D eigenvalue weighted by Gasteiger charge is 2.39. The summed E-state index contributed by atoms with van der Waals surface area (Å²) in [5, 5.41) is 7.81. The van der Waals surface area contributed by atoms with E-state index in [1.807, 2.05) is 24.3 Å². The van der Waals surface area contributed by atoms with Gasteiger partial charge in [-0.05, 0) is 43.2 Å². The minimum atomic E-state index is -0.381. The molecular formula is C23H24FN3O2. The van der Waals surface area contributed by atoms with Gasteiger partial charge in [-0.15, -0.1) is 0 Å². The number of amides is 2. The number of hydrogen-bond acceptors (Lipinski definition) is 3. The van der Waals surface area contributed by atoms with E-state index in [1.54, 1.807) is 18.5 Å². The molecule has 0 unspecified atom stereocenters. The van der Waals surface area contributed by atoms with E-state index in [2.05, 4.69) is 29.5 Å². The van der Waals surface area contributed by atoms with E-state index in [0.29, 0.717) is 23.4 Å². The first kappa shape index (κ1) is 19.2. The first-order valence-electron chi connectivity index (χ1n) is 9.92. The number of fused-ring (bicyclic) bond motifs is 2. The lowest BCUT2D eigenvalue weighted by atomic mass is 9.83.